The highest BCUT2D eigenvalue weighted by molar-refractivity contribution is 6.30. The average molecular weight is 288 g/mol. The van der Waals surface area contributed by atoms with E-state index in [-0.39, 0.29) is 18.1 Å². The van der Waals surface area contributed by atoms with Crippen LogP contribution >= 0.6 is 11.6 Å². The van der Waals surface area contributed by atoms with Crippen LogP contribution in [0.25, 0.3) is 0 Å². The molecule has 1 aromatic heterocycles. The molecule has 1 saturated heterocycles. The molecule has 0 spiro atoms. The minimum atomic E-state index is -0.551. The smallest absolute Gasteiger partial charge is 0.240 e. The molecule has 19 heavy (non-hydrogen) atoms. The Hall–Kier alpha value is -1.27. The number of carbonyl (C=O) groups excluding carboxylic acids is 1. The number of hydrogen-bond donors (Lipinski definition) is 0. The highest BCUT2D eigenvalue weighted by Crippen LogP contribution is 2.20. The number of likely N-dealkylation sites (N-methyl/N-ethyl adjacent to an activating group) is 1. The summed E-state index contributed by atoms with van der Waals surface area (Å²) in [5.74, 6) is 0.541. The lowest BCUT2D eigenvalue weighted by atomic mass is 10.2. The molecule has 7 heteroatoms. The first-order chi connectivity index (χ1) is 8.99. The van der Waals surface area contributed by atoms with Crippen molar-refractivity contribution in [2.24, 2.45) is 7.05 Å². The van der Waals surface area contributed by atoms with Gasteiger partial charge in [-0.3, -0.25) is 9.48 Å². The summed E-state index contributed by atoms with van der Waals surface area (Å²) >= 11 is 5.83. The van der Waals surface area contributed by atoms with Gasteiger partial charge in [-0.2, -0.15) is 5.10 Å². The second-order valence-electron chi connectivity index (χ2n) is 4.68. The molecule has 0 bridgehead atoms. The van der Waals surface area contributed by atoms with Gasteiger partial charge in [0.05, 0.1) is 31.6 Å². The van der Waals surface area contributed by atoms with E-state index < -0.39 is 5.38 Å². The Balaban J connectivity index is 2.02. The van der Waals surface area contributed by atoms with E-state index in [1.54, 1.807) is 35.9 Å². The van der Waals surface area contributed by atoms with Crippen molar-refractivity contribution in [2.75, 3.05) is 20.3 Å². The number of amides is 1. The third kappa shape index (κ3) is 3.19. The number of carbonyl (C=O) groups is 1. The summed E-state index contributed by atoms with van der Waals surface area (Å²) < 4.78 is 12.9. The molecule has 0 radical (unpaired) electrons. The molecular formula is C12H18ClN3O3. The fourth-order valence-electron chi connectivity index (χ4n) is 2.08. The number of rotatable bonds is 4. The lowest BCUT2D eigenvalue weighted by Crippen LogP contribution is -2.48. The summed E-state index contributed by atoms with van der Waals surface area (Å²) in [6.45, 7) is 2.57. The molecule has 2 heterocycles. The van der Waals surface area contributed by atoms with Crippen LogP contribution in [0.15, 0.2) is 12.4 Å². The Morgan fingerprint density at radius 3 is 3.00 bits per heavy atom. The van der Waals surface area contributed by atoms with Crippen LogP contribution in [0.5, 0.6) is 5.75 Å². The minimum Gasteiger partial charge on any atom is -0.482 e. The summed E-state index contributed by atoms with van der Waals surface area (Å²) in [7, 11) is 3.54. The van der Waals surface area contributed by atoms with Gasteiger partial charge < -0.3 is 14.4 Å². The van der Waals surface area contributed by atoms with Gasteiger partial charge in [-0.25, -0.2) is 0 Å². The van der Waals surface area contributed by atoms with Crippen molar-refractivity contribution >= 4 is 17.5 Å². The van der Waals surface area contributed by atoms with Gasteiger partial charge in [-0.15, -0.1) is 11.6 Å². The molecule has 1 amide bonds. The zero-order valence-electron chi connectivity index (χ0n) is 11.2. The summed E-state index contributed by atoms with van der Waals surface area (Å²) in [5, 5.41) is 3.49. The predicted octanol–water partition coefficient (Wildman–Crippen LogP) is 0.652. The predicted molar refractivity (Wildman–Crippen MR) is 70.3 cm³/mol. The highest BCUT2D eigenvalue weighted by atomic mass is 35.5. The SMILES string of the molecule is CC(Cl)C(=O)N(C)[C@@H]1COC[C@@H]1Oc1cnn(C)c1. The van der Waals surface area contributed by atoms with Gasteiger partial charge in [0.25, 0.3) is 0 Å². The third-order valence-electron chi connectivity index (χ3n) is 3.15. The molecule has 1 unspecified atom stereocenters. The lowest BCUT2D eigenvalue weighted by Gasteiger charge is -2.28. The van der Waals surface area contributed by atoms with Crippen molar-refractivity contribution in [3.05, 3.63) is 12.4 Å². The Bertz CT molecular complexity index is 449. The fourth-order valence-corrected chi connectivity index (χ4v) is 2.23. The van der Waals surface area contributed by atoms with Gasteiger partial charge in [-0.05, 0) is 6.92 Å². The molecule has 6 nitrogen and oxygen atoms in total. The quantitative estimate of drug-likeness (QED) is 0.763. The number of hydrogen-bond acceptors (Lipinski definition) is 4. The maximum absolute atomic E-state index is 11.9. The summed E-state index contributed by atoms with van der Waals surface area (Å²) in [6, 6.07) is -0.131. The third-order valence-corrected chi connectivity index (χ3v) is 3.34. The van der Waals surface area contributed by atoms with Crippen molar-refractivity contribution in [3.8, 4) is 5.75 Å². The van der Waals surface area contributed by atoms with Crippen LogP contribution in [0, 0.1) is 0 Å². The highest BCUT2D eigenvalue weighted by Gasteiger charge is 2.36. The molecule has 3 atom stereocenters. The molecule has 0 saturated carbocycles. The number of aryl methyl sites for hydroxylation is 1. The van der Waals surface area contributed by atoms with Gasteiger partial charge in [0.1, 0.15) is 11.5 Å². The number of aromatic nitrogens is 2. The molecule has 0 N–H and O–H groups in total. The van der Waals surface area contributed by atoms with Crippen LogP contribution in [0.3, 0.4) is 0 Å². The second-order valence-corrected chi connectivity index (χ2v) is 5.33. The van der Waals surface area contributed by atoms with Crippen molar-refractivity contribution in [3.63, 3.8) is 0 Å². The van der Waals surface area contributed by atoms with E-state index in [2.05, 4.69) is 5.10 Å². The maximum Gasteiger partial charge on any atom is 0.240 e. The van der Waals surface area contributed by atoms with E-state index in [1.165, 1.54) is 0 Å². The van der Waals surface area contributed by atoms with E-state index in [9.17, 15) is 4.79 Å². The molecule has 0 aromatic carbocycles. The first-order valence-corrected chi connectivity index (χ1v) is 6.56. The summed E-state index contributed by atoms with van der Waals surface area (Å²) in [4.78, 5) is 13.5. The van der Waals surface area contributed by atoms with Gasteiger partial charge in [-0.1, -0.05) is 0 Å². The Morgan fingerprint density at radius 1 is 1.68 bits per heavy atom. The first kappa shape index (κ1) is 14.1. The molecule has 106 valence electrons. The average Bonchev–Trinajstić information content (AvgIpc) is 2.97. The largest absolute Gasteiger partial charge is 0.482 e. The van der Waals surface area contributed by atoms with Gasteiger partial charge in [0.2, 0.25) is 5.91 Å². The van der Waals surface area contributed by atoms with E-state index >= 15 is 0 Å². The van der Waals surface area contributed by atoms with Crippen molar-refractivity contribution in [1.82, 2.24) is 14.7 Å². The zero-order valence-corrected chi connectivity index (χ0v) is 12.0. The molecule has 1 fully saturated rings. The van der Waals surface area contributed by atoms with E-state index in [0.717, 1.165) is 0 Å². The molecule has 1 aliphatic rings. The van der Waals surface area contributed by atoms with Gasteiger partial charge in [0.15, 0.2) is 5.75 Å². The number of ether oxygens (including phenoxy) is 2. The molecular weight excluding hydrogens is 270 g/mol. The van der Waals surface area contributed by atoms with Crippen molar-refractivity contribution in [2.45, 2.75) is 24.4 Å². The molecule has 1 aliphatic heterocycles. The van der Waals surface area contributed by atoms with Gasteiger partial charge >= 0.3 is 0 Å². The number of nitrogens with zero attached hydrogens (tertiary/aromatic N) is 3. The lowest BCUT2D eigenvalue weighted by molar-refractivity contribution is -0.132. The van der Waals surface area contributed by atoms with Crippen LogP contribution in [0.2, 0.25) is 0 Å². The number of alkyl halides is 1. The maximum atomic E-state index is 11.9. The van der Waals surface area contributed by atoms with E-state index in [0.29, 0.717) is 19.0 Å². The van der Waals surface area contributed by atoms with Gasteiger partial charge in [0, 0.05) is 14.1 Å². The topological polar surface area (TPSA) is 56.6 Å². The Kier molecular flexibility index (Phi) is 4.31. The standard InChI is InChI=1S/C12H18ClN3O3/c1-8(13)12(17)16(3)10-6-18-7-11(10)19-9-4-14-15(2)5-9/h4-5,8,10-11H,6-7H2,1-3H3/t8?,10-,11+/m1/s1. The van der Waals surface area contributed by atoms with Crippen LogP contribution in [-0.2, 0) is 16.6 Å². The van der Waals surface area contributed by atoms with Crippen LogP contribution < -0.4 is 4.74 Å². The monoisotopic (exact) mass is 287 g/mol. The normalized spacial score (nSPS) is 24.2. The Morgan fingerprint density at radius 2 is 2.42 bits per heavy atom. The van der Waals surface area contributed by atoms with Crippen LogP contribution in [0.4, 0.5) is 0 Å². The molecule has 0 aliphatic carbocycles. The fraction of sp³-hybridized carbons (Fsp3) is 0.667. The number of halogens is 1. The Labute approximate surface area is 117 Å². The second kappa shape index (κ2) is 5.79. The first-order valence-electron chi connectivity index (χ1n) is 6.13. The van der Waals surface area contributed by atoms with E-state index in [4.69, 9.17) is 21.1 Å². The van der Waals surface area contributed by atoms with Crippen LogP contribution in [-0.4, -0.2) is 58.4 Å². The van der Waals surface area contributed by atoms with Crippen molar-refractivity contribution in [1.29, 1.82) is 0 Å². The molecule has 2 rings (SSSR count). The minimum absolute atomic E-state index is 0.128. The molecule has 1 aromatic rings. The van der Waals surface area contributed by atoms with Crippen LogP contribution in [0.1, 0.15) is 6.92 Å². The summed E-state index contributed by atoms with van der Waals surface area (Å²) in [6.07, 6.45) is 3.22. The van der Waals surface area contributed by atoms with E-state index in [1.807, 2.05) is 7.05 Å². The summed E-state index contributed by atoms with van der Waals surface area (Å²) in [5.41, 5.74) is 0. The zero-order chi connectivity index (χ0) is 14.0. The van der Waals surface area contributed by atoms with Crippen molar-refractivity contribution < 1.29 is 14.3 Å².